The molecule has 0 spiro atoms. The number of carbonyl (C=O) groups excluding carboxylic acids is 1. The van der Waals surface area contributed by atoms with Crippen LogP contribution in [0.2, 0.25) is 0 Å². The summed E-state index contributed by atoms with van der Waals surface area (Å²) in [6.45, 7) is 3.11. The lowest BCUT2D eigenvalue weighted by Crippen LogP contribution is -2.54. The van der Waals surface area contributed by atoms with Gasteiger partial charge in [0.2, 0.25) is 5.91 Å². The summed E-state index contributed by atoms with van der Waals surface area (Å²) < 4.78 is 0. The molecule has 29 heavy (non-hydrogen) atoms. The fraction of sp³-hybridized carbons (Fsp3) is 0.292. The van der Waals surface area contributed by atoms with Gasteiger partial charge in [-0.2, -0.15) is 11.3 Å². The van der Waals surface area contributed by atoms with Crippen molar-refractivity contribution in [1.29, 1.82) is 0 Å². The third-order valence-corrected chi connectivity index (χ3v) is 6.31. The van der Waals surface area contributed by atoms with Gasteiger partial charge in [-0.25, -0.2) is 0 Å². The largest absolute Gasteiger partial charge is 0.339 e. The summed E-state index contributed by atoms with van der Waals surface area (Å²) in [5.41, 5.74) is 9.93. The number of nitrogens with two attached hydrogens (primary N) is 1. The first-order valence-corrected chi connectivity index (χ1v) is 11.1. The van der Waals surface area contributed by atoms with Gasteiger partial charge in [-0.05, 0) is 39.9 Å². The average Bonchev–Trinajstić information content (AvgIpc) is 3.28. The van der Waals surface area contributed by atoms with E-state index in [1.165, 1.54) is 11.1 Å². The van der Waals surface area contributed by atoms with Gasteiger partial charge in [0.15, 0.2) is 0 Å². The van der Waals surface area contributed by atoms with Crippen LogP contribution < -0.4 is 5.73 Å². The summed E-state index contributed by atoms with van der Waals surface area (Å²) in [6.07, 6.45) is 0.610. The van der Waals surface area contributed by atoms with Crippen molar-refractivity contribution in [2.45, 2.75) is 18.5 Å². The fourth-order valence-electron chi connectivity index (χ4n) is 4.07. The molecule has 0 saturated carbocycles. The second-order valence-corrected chi connectivity index (χ2v) is 8.31. The van der Waals surface area contributed by atoms with Crippen LogP contribution in [0.25, 0.3) is 0 Å². The van der Waals surface area contributed by atoms with Gasteiger partial charge in [-0.1, -0.05) is 60.7 Å². The molecule has 2 N–H and O–H groups in total. The quantitative estimate of drug-likeness (QED) is 0.682. The third kappa shape index (κ3) is 4.75. The van der Waals surface area contributed by atoms with Gasteiger partial charge >= 0.3 is 0 Å². The number of hydrogen-bond donors (Lipinski definition) is 1. The molecular weight excluding hydrogens is 378 g/mol. The molecule has 0 radical (unpaired) electrons. The zero-order valence-corrected chi connectivity index (χ0v) is 17.3. The van der Waals surface area contributed by atoms with Gasteiger partial charge in [-0.15, -0.1) is 0 Å². The lowest BCUT2D eigenvalue weighted by Gasteiger charge is -2.40. The molecule has 1 atom stereocenters. The maximum Gasteiger partial charge on any atom is 0.239 e. The van der Waals surface area contributed by atoms with Crippen LogP contribution in [0.4, 0.5) is 0 Å². The van der Waals surface area contributed by atoms with Crippen LogP contribution >= 0.6 is 11.3 Å². The Labute approximate surface area is 176 Å². The van der Waals surface area contributed by atoms with Crippen LogP contribution in [-0.2, 0) is 11.2 Å². The molecule has 4 rings (SSSR count). The maximum absolute atomic E-state index is 12.8. The minimum Gasteiger partial charge on any atom is -0.339 e. The molecule has 5 heteroatoms. The predicted octanol–water partition coefficient (Wildman–Crippen LogP) is 3.55. The van der Waals surface area contributed by atoms with Crippen molar-refractivity contribution in [1.82, 2.24) is 9.80 Å². The molecule has 1 aliphatic rings. The molecule has 1 saturated heterocycles. The van der Waals surface area contributed by atoms with Crippen molar-refractivity contribution in [2.24, 2.45) is 5.73 Å². The Balaban J connectivity index is 1.43. The fourth-order valence-corrected chi connectivity index (χ4v) is 4.75. The Morgan fingerprint density at radius 2 is 1.48 bits per heavy atom. The van der Waals surface area contributed by atoms with E-state index in [-0.39, 0.29) is 11.9 Å². The van der Waals surface area contributed by atoms with Gasteiger partial charge in [0, 0.05) is 26.2 Å². The SMILES string of the molecule is NC(Cc1ccsc1)C(=O)N1CCN(C(c2ccccc2)c2ccccc2)CC1. The van der Waals surface area contributed by atoms with Crippen molar-refractivity contribution in [2.75, 3.05) is 26.2 Å². The summed E-state index contributed by atoms with van der Waals surface area (Å²) in [5.74, 6) is 0.0619. The Morgan fingerprint density at radius 3 is 2.00 bits per heavy atom. The van der Waals surface area contributed by atoms with E-state index in [4.69, 9.17) is 5.73 Å². The number of thiophene rings is 1. The van der Waals surface area contributed by atoms with Crippen LogP contribution in [0.3, 0.4) is 0 Å². The third-order valence-electron chi connectivity index (χ3n) is 5.57. The van der Waals surface area contributed by atoms with Gasteiger partial charge in [0.25, 0.3) is 0 Å². The van der Waals surface area contributed by atoms with Gasteiger partial charge in [0.05, 0.1) is 12.1 Å². The molecule has 4 nitrogen and oxygen atoms in total. The second-order valence-electron chi connectivity index (χ2n) is 7.53. The number of hydrogen-bond acceptors (Lipinski definition) is 4. The smallest absolute Gasteiger partial charge is 0.239 e. The molecule has 2 heterocycles. The lowest BCUT2D eigenvalue weighted by atomic mass is 9.96. The van der Waals surface area contributed by atoms with Crippen LogP contribution in [0.15, 0.2) is 77.5 Å². The van der Waals surface area contributed by atoms with Gasteiger partial charge < -0.3 is 10.6 Å². The molecule has 2 aromatic carbocycles. The van der Waals surface area contributed by atoms with E-state index in [9.17, 15) is 4.79 Å². The van der Waals surface area contributed by atoms with E-state index in [2.05, 4.69) is 70.9 Å². The van der Waals surface area contributed by atoms with Crippen molar-refractivity contribution in [3.05, 3.63) is 94.2 Å². The topological polar surface area (TPSA) is 49.6 Å². The number of piperazine rings is 1. The number of benzene rings is 2. The highest BCUT2D eigenvalue weighted by Crippen LogP contribution is 2.29. The first kappa shape index (κ1) is 19.8. The van der Waals surface area contributed by atoms with Gasteiger partial charge in [0.1, 0.15) is 0 Å². The lowest BCUT2D eigenvalue weighted by molar-refractivity contribution is -0.134. The van der Waals surface area contributed by atoms with E-state index in [0.717, 1.165) is 18.7 Å². The van der Waals surface area contributed by atoms with E-state index < -0.39 is 6.04 Å². The minimum atomic E-state index is -0.463. The molecule has 3 aromatic rings. The molecule has 150 valence electrons. The molecule has 1 aromatic heterocycles. The number of amides is 1. The molecular formula is C24H27N3OS. The number of carbonyl (C=O) groups is 1. The normalized spacial score (nSPS) is 16.1. The Hall–Kier alpha value is -2.47. The van der Waals surface area contributed by atoms with E-state index in [1.54, 1.807) is 11.3 Å². The summed E-state index contributed by atoms with van der Waals surface area (Å²) in [5, 5.41) is 4.09. The monoisotopic (exact) mass is 405 g/mol. The molecule has 1 unspecified atom stereocenters. The highest BCUT2D eigenvalue weighted by molar-refractivity contribution is 7.07. The molecule has 1 amide bonds. The van der Waals surface area contributed by atoms with Crippen LogP contribution in [0.5, 0.6) is 0 Å². The minimum absolute atomic E-state index is 0.0619. The van der Waals surface area contributed by atoms with Crippen molar-refractivity contribution in [3.8, 4) is 0 Å². The number of nitrogens with zero attached hydrogens (tertiary/aromatic N) is 2. The molecule has 1 aliphatic heterocycles. The molecule has 0 aliphatic carbocycles. The predicted molar refractivity (Wildman–Crippen MR) is 119 cm³/mol. The standard InChI is InChI=1S/C24H27N3OS/c25-22(17-19-11-16-29-18-19)24(28)27-14-12-26(13-15-27)23(20-7-3-1-4-8-20)21-9-5-2-6-10-21/h1-11,16,18,22-23H,12-15,17,25H2. The molecule has 0 bridgehead atoms. The zero-order valence-electron chi connectivity index (χ0n) is 16.5. The van der Waals surface area contributed by atoms with E-state index in [0.29, 0.717) is 19.5 Å². The Kier molecular flexibility index (Phi) is 6.39. The Morgan fingerprint density at radius 1 is 0.897 bits per heavy atom. The number of rotatable bonds is 6. The Bertz CT molecular complexity index is 851. The highest BCUT2D eigenvalue weighted by atomic mass is 32.1. The second kappa shape index (κ2) is 9.35. The maximum atomic E-state index is 12.8. The summed E-state index contributed by atoms with van der Waals surface area (Å²) >= 11 is 1.64. The van der Waals surface area contributed by atoms with Crippen LogP contribution in [0.1, 0.15) is 22.7 Å². The molecule has 1 fully saturated rings. The highest BCUT2D eigenvalue weighted by Gasteiger charge is 2.29. The van der Waals surface area contributed by atoms with Crippen molar-refractivity contribution < 1.29 is 4.79 Å². The summed E-state index contributed by atoms with van der Waals surface area (Å²) in [6, 6.07) is 23.0. The van der Waals surface area contributed by atoms with Crippen molar-refractivity contribution in [3.63, 3.8) is 0 Å². The first-order valence-electron chi connectivity index (χ1n) is 10.1. The average molecular weight is 406 g/mol. The van der Waals surface area contributed by atoms with E-state index in [1.807, 2.05) is 16.3 Å². The van der Waals surface area contributed by atoms with E-state index >= 15 is 0 Å². The van der Waals surface area contributed by atoms with Crippen LogP contribution in [-0.4, -0.2) is 47.9 Å². The van der Waals surface area contributed by atoms with Crippen molar-refractivity contribution >= 4 is 17.2 Å². The zero-order chi connectivity index (χ0) is 20.1. The summed E-state index contributed by atoms with van der Waals surface area (Å²) in [7, 11) is 0. The van der Waals surface area contributed by atoms with Crippen LogP contribution in [0, 0.1) is 0 Å². The first-order chi connectivity index (χ1) is 14.2. The summed E-state index contributed by atoms with van der Waals surface area (Å²) in [4.78, 5) is 17.2. The van der Waals surface area contributed by atoms with Gasteiger partial charge in [-0.3, -0.25) is 9.69 Å².